The molecule has 0 fully saturated rings. The fourth-order valence-corrected chi connectivity index (χ4v) is 1.77. The first kappa shape index (κ1) is 12.4. The maximum atomic E-state index is 9.41. The van der Waals surface area contributed by atoms with E-state index in [1.54, 1.807) is 12.1 Å². The number of aryl methyl sites for hydroxylation is 1. The van der Waals surface area contributed by atoms with Crippen LogP contribution in [-0.2, 0) is 6.42 Å². The average Bonchev–Trinajstić information content (AvgIpc) is 2.40. The van der Waals surface area contributed by atoms with Crippen LogP contribution in [0, 0.1) is 6.92 Å². The number of hydrogen-bond acceptors (Lipinski definition) is 2. The van der Waals surface area contributed by atoms with E-state index in [4.69, 9.17) is 0 Å². The Balaban J connectivity index is 1.94. The summed E-state index contributed by atoms with van der Waals surface area (Å²) in [6.07, 6.45) is 2.77. The number of phenols is 1. The van der Waals surface area contributed by atoms with Crippen LogP contribution >= 0.6 is 0 Å². The van der Waals surface area contributed by atoms with Crippen molar-refractivity contribution in [3.05, 3.63) is 65.2 Å². The second-order valence-electron chi connectivity index (χ2n) is 4.31. The van der Waals surface area contributed by atoms with Crippen LogP contribution in [0.25, 0.3) is 0 Å². The smallest absolute Gasteiger partial charge is 0.116 e. The van der Waals surface area contributed by atoms with Crippen LogP contribution < -0.4 is 0 Å². The summed E-state index contributed by atoms with van der Waals surface area (Å²) in [6.45, 7) is 2.77. The number of rotatable bonds is 4. The third-order valence-electron chi connectivity index (χ3n) is 2.87. The molecule has 2 nitrogen and oxygen atoms in total. The third-order valence-corrected chi connectivity index (χ3v) is 2.87. The van der Waals surface area contributed by atoms with Gasteiger partial charge in [0.25, 0.3) is 0 Å². The van der Waals surface area contributed by atoms with Gasteiger partial charge in [-0.1, -0.05) is 36.4 Å². The van der Waals surface area contributed by atoms with Crippen molar-refractivity contribution in [1.29, 1.82) is 0 Å². The highest BCUT2D eigenvalue weighted by molar-refractivity contribution is 5.82. The molecule has 0 heterocycles. The molecule has 2 aromatic carbocycles. The largest absolute Gasteiger partial charge is 0.508 e. The van der Waals surface area contributed by atoms with E-state index >= 15 is 0 Å². The standard InChI is InChI=1S/C16H17NO/c1-13-7-8-16(18)11-15(13)12-17-10-9-14-5-3-2-4-6-14/h2-8,11-12,18H,9-10H2,1H3. The number of aliphatic imine (C=N–C) groups is 1. The second-order valence-corrected chi connectivity index (χ2v) is 4.31. The SMILES string of the molecule is Cc1ccc(O)cc1C=NCCc1ccccc1. The molecule has 0 saturated heterocycles. The number of nitrogens with zero attached hydrogens (tertiary/aromatic N) is 1. The minimum atomic E-state index is 0.283. The summed E-state index contributed by atoms with van der Waals surface area (Å²) < 4.78 is 0. The molecule has 2 aromatic rings. The molecule has 0 aromatic heterocycles. The molecule has 0 radical (unpaired) electrons. The summed E-state index contributed by atoms with van der Waals surface area (Å²) in [5, 5.41) is 9.41. The van der Waals surface area contributed by atoms with Crippen LogP contribution in [-0.4, -0.2) is 17.9 Å². The monoisotopic (exact) mass is 239 g/mol. The molecule has 0 aliphatic heterocycles. The first-order chi connectivity index (χ1) is 8.75. The Bertz CT molecular complexity index is 532. The van der Waals surface area contributed by atoms with Gasteiger partial charge in [0.15, 0.2) is 0 Å². The van der Waals surface area contributed by atoms with Gasteiger partial charge in [0.1, 0.15) is 5.75 Å². The Labute approximate surface area is 108 Å². The van der Waals surface area contributed by atoms with Crippen LogP contribution in [0.15, 0.2) is 53.5 Å². The Hall–Kier alpha value is -2.09. The lowest BCUT2D eigenvalue weighted by Gasteiger charge is -2.01. The second kappa shape index (κ2) is 6.01. The van der Waals surface area contributed by atoms with E-state index < -0.39 is 0 Å². The molecule has 0 bridgehead atoms. The van der Waals surface area contributed by atoms with Gasteiger partial charge >= 0.3 is 0 Å². The molecule has 0 unspecified atom stereocenters. The lowest BCUT2D eigenvalue weighted by molar-refractivity contribution is 0.475. The van der Waals surface area contributed by atoms with Gasteiger partial charge in [0.05, 0.1) is 0 Å². The van der Waals surface area contributed by atoms with Crippen molar-refractivity contribution in [2.75, 3.05) is 6.54 Å². The minimum absolute atomic E-state index is 0.283. The molecule has 18 heavy (non-hydrogen) atoms. The van der Waals surface area contributed by atoms with E-state index in [0.29, 0.717) is 0 Å². The highest BCUT2D eigenvalue weighted by Crippen LogP contribution is 2.13. The van der Waals surface area contributed by atoms with Crippen LogP contribution in [0.5, 0.6) is 5.75 Å². The van der Waals surface area contributed by atoms with Crippen molar-refractivity contribution in [3.63, 3.8) is 0 Å². The van der Waals surface area contributed by atoms with Gasteiger partial charge in [0.2, 0.25) is 0 Å². The molecule has 0 spiro atoms. The van der Waals surface area contributed by atoms with Crippen LogP contribution in [0.3, 0.4) is 0 Å². The molecule has 2 rings (SSSR count). The molecule has 0 aliphatic rings. The average molecular weight is 239 g/mol. The van der Waals surface area contributed by atoms with Gasteiger partial charge < -0.3 is 5.11 Å². The topological polar surface area (TPSA) is 32.6 Å². The van der Waals surface area contributed by atoms with Crippen molar-refractivity contribution in [1.82, 2.24) is 0 Å². The summed E-state index contributed by atoms with van der Waals surface area (Å²) in [4.78, 5) is 4.40. The maximum Gasteiger partial charge on any atom is 0.116 e. The summed E-state index contributed by atoms with van der Waals surface area (Å²) in [6, 6.07) is 15.6. The first-order valence-corrected chi connectivity index (χ1v) is 6.09. The summed E-state index contributed by atoms with van der Waals surface area (Å²) in [5.41, 5.74) is 3.39. The van der Waals surface area contributed by atoms with E-state index in [9.17, 15) is 5.11 Å². The van der Waals surface area contributed by atoms with Crippen molar-refractivity contribution in [2.24, 2.45) is 4.99 Å². The molecule has 0 aliphatic carbocycles. The molecular weight excluding hydrogens is 222 g/mol. The molecule has 0 atom stereocenters. The third kappa shape index (κ3) is 3.45. The van der Waals surface area contributed by atoms with E-state index in [1.165, 1.54) is 5.56 Å². The van der Waals surface area contributed by atoms with E-state index in [0.717, 1.165) is 24.1 Å². The highest BCUT2D eigenvalue weighted by Gasteiger charge is 1.96. The normalized spacial score (nSPS) is 10.9. The van der Waals surface area contributed by atoms with E-state index in [1.807, 2.05) is 37.4 Å². The fourth-order valence-electron chi connectivity index (χ4n) is 1.77. The van der Waals surface area contributed by atoms with E-state index in [2.05, 4.69) is 17.1 Å². The van der Waals surface area contributed by atoms with Crippen LogP contribution in [0.4, 0.5) is 0 Å². The zero-order valence-electron chi connectivity index (χ0n) is 10.5. The van der Waals surface area contributed by atoms with Gasteiger partial charge in [-0.05, 0) is 42.2 Å². The predicted octanol–water partition coefficient (Wildman–Crippen LogP) is 3.36. The number of hydrogen-bond donors (Lipinski definition) is 1. The Morgan fingerprint density at radius 3 is 2.67 bits per heavy atom. The van der Waals surface area contributed by atoms with Gasteiger partial charge in [-0.25, -0.2) is 0 Å². The molecule has 0 amide bonds. The first-order valence-electron chi connectivity index (χ1n) is 6.09. The highest BCUT2D eigenvalue weighted by atomic mass is 16.3. The van der Waals surface area contributed by atoms with Crippen molar-refractivity contribution >= 4 is 6.21 Å². The zero-order chi connectivity index (χ0) is 12.8. The Morgan fingerprint density at radius 1 is 1.11 bits per heavy atom. The van der Waals surface area contributed by atoms with E-state index in [-0.39, 0.29) is 5.75 Å². The van der Waals surface area contributed by atoms with Gasteiger partial charge in [-0.3, -0.25) is 4.99 Å². The maximum absolute atomic E-state index is 9.41. The molecule has 92 valence electrons. The van der Waals surface area contributed by atoms with Gasteiger partial charge in [-0.15, -0.1) is 0 Å². The number of aromatic hydroxyl groups is 1. The summed E-state index contributed by atoms with van der Waals surface area (Å²) in [7, 11) is 0. The number of benzene rings is 2. The summed E-state index contributed by atoms with van der Waals surface area (Å²) in [5.74, 6) is 0.283. The Morgan fingerprint density at radius 2 is 1.89 bits per heavy atom. The van der Waals surface area contributed by atoms with Gasteiger partial charge in [0, 0.05) is 12.8 Å². The molecule has 2 heteroatoms. The van der Waals surface area contributed by atoms with Crippen molar-refractivity contribution < 1.29 is 5.11 Å². The zero-order valence-corrected chi connectivity index (χ0v) is 10.5. The van der Waals surface area contributed by atoms with Crippen molar-refractivity contribution in [3.8, 4) is 5.75 Å². The lowest BCUT2D eigenvalue weighted by atomic mass is 10.1. The minimum Gasteiger partial charge on any atom is -0.508 e. The van der Waals surface area contributed by atoms with Gasteiger partial charge in [-0.2, -0.15) is 0 Å². The number of phenolic OH excluding ortho intramolecular Hbond substituents is 1. The quantitative estimate of drug-likeness (QED) is 0.815. The predicted molar refractivity (Wildman–Crippen MR) is 75.5 cm³/mol. The summed E-state index contributed by atoms with van der Waals surface area (Å²) >= 11 is 0. The van der Waals surface area contributed by atoms with Crippen LogP contribution in [0.2, 0.25) is 0 Å². The molecule has 0 saturated carbocycles. The fraction of sp³-hybridized carbons (Fsp3) is 0.188. The van der Waals surface area contributed by atoms with Crippen molar-refractivity contribution in [2.45, 2.75) is 13.3 Å². The van der Waals surface area contributed by atoms with Crippen LogP contribution in [0.1, 0.15) is 16.7 Å². The molecular formula is C16H17NO. The molecule has 1 N–H and O–H groups in total. The Kier molecular flexibility index (Phi) is 4.13. The lowest BCUT2D eigenvalue weighted by Crippen LogP contribution is -1.92.